The van der Waals surface area contributed by atoms with E-state index in [0.717, 1.165) is 0 Å². The van der Waals surface area contributed by atoms with Gasteiger partial charge in [-0.2, -0.15) is 0 Å². The Bertz CT molecular complexity index is 1170. The van der Waals surface area contributed by atoms with Crippen LogP contribution in [0.25, 0.3) is 17.4 Å². The third kappa shape index (κ3) is 3.55. The molecule has 0 aliphatic carbocycles. The molecular weight excluding hydrogens is 442 g/mol. The first-order valence-corrected chi connectivity index (χ1v) is 9.19. The number of hydrogen-bond acceptors (Lipinski definition) is 5. The van der Waals surface area contributed by atoms with E-state index < -0.39 is 16.7 Å². The van der Waals surface area contributed by atoms with Crippen LogP contribution >= 0.6 is 15.9 Å². The van der Waals surface area contributed by atoms with E-state index in [9.17, 15) is 19.7 Å². The monoisotopic (exact) mass is 453 g/mol. The summed E-state index contributed by atoms with van der Waals surface area (Å²) in [6, 6.07) is 16.3. The number of benzene rings is 2. The zero-order valence-electron chi connectivity index (χ0n) is 14.7. The molecule has 9 heteroatoms. The van der Waals surface area contributed by atoms with E-state index in [1.54, 1.807) is 42.5 Å². The normalized spacial score (nSPS) is 15.1. The number of anilines is 1. The Hall–Kier alpha value is -3.72. The molecule has 1 aliphatic rings. The van der Waals surface area contributed by atoms with Gasteiger partial charge < -0.3 is 4.42 Å². The summed E-state index contributed by atoms with van der Waals surface area (Å²) in [5.74, 6) is -0.285. The van der Waals surface area contributed by atoms with Gasteiger partial charge in [0.05, 0.1) is 10.6 Å². The molecule has 2 aromatic carbocycles. The molecule has 0 spiro atoms. The maximum atomic E-state index is 12.6. The highest BCUT2D eigenvalue weighted by Gasteiger charge is 2.34. The largest absolute Gasteiger partial charge is 0.457 e. The fraction of sp³-hybridized carbons (Fsp3) is 0. The highest BCUT2D eigenvalue weighted by molar-refractivity contribution is 9.10. The van der Waals surface area contributed by atoms with E-state index in [-0.39, 0.29) is 11.3 Å². The summed E-state index contributed by atoms with van der Waals surface area (Å²) in [7, 11) is 0. The predicted octanol–water partition coefficient (Wildman–Crippen LogP) is 4.08. The third-order valence-corrected chi connectivity index (χ3v) is 4.90. The average Bonchev–Trinajstić information content (AvgIpc) is 3.28. The van der Waals surface area contributed by atoms with Gasteiger partial charge in [-0.05, 0) is 52.3 Å². The van der Waals surface area contributed by atoms with Crippen LogP contribution < -0.4 is 10.4 Å². The minimum atomic E-state index is -0.534. The van der Waals surface area contributed by atoms with E-state index in [1.807, 2.05) is 6.07 Å². The molecular formula is C20H12BrN3O5. The second kappa shape index (κ2) is 7.36. The van der Waals surface area contributed by atoms with E-state index in [2.05, 4.69) is 21.4 Å². The molecule has 1 aliphatic heterocycles. The molecule has 0 saturated carbocycles. The number of halogens is 1. The lowest BCUT2D eigenvalue weighted by atomic mass is 10.1. The number of nitro benzene ring substituents is 1. The quantitative estimate of drug-likeness (QED) is 0.277. The van der Waals surface area contributed by atoms with Crippen LogP contribution in [0.5, 0.6) is 0 Å². The Labute approximate surface area is 172 Å². The van der Waals surface area contributed by atoms with Crippen molar-refractivity contribution >= 4 is 45.2 Å². The molecule has 0 bridgehead atoms. The van der Waals surface area contributed by atoms with E-state index in [0.29, 0.717) is 27.2 Å². The molecule has 2 heterocycles. The van der Waals surface area contributed by atoms with Crippen molar-refractivity contribution in [2.24, 2.45) is 0 Å². The van der Waals surface area contributed by atoms with Crippen molar-refractivity contribution in [1.82, 2.24) is 5.43 Å². The van der Waals surface area contributed by atoms with Crippen LogP contribution in [0.2, 0.25) is 0 Å². The molecule has 8 nitrogen and oxygen atoms in total. The summed E-state index contributed by atoms with van der Waals surface area (Å²) in [6.45, 7) is 0. The highest BCUT2D eigenvalue weighted by Crippen LogP contribution is 2.33. The van der Waals surface area contributed by atoms with Gasteiger partial charge in [0, 0.05) is 22.2 Å². The van der Waals surface area contributed by atoms with Crippen LogP contribution in [0.4, 0.5) is 11.4 Å². The average molecular weight is 454 g/mol. The van der Waals surface area contributed by atoms with Gasteiger partial charge in [0.25, 0.3) is 17.5 Å². The maximum absolute atomic E-state index is 12.6. The van der Waals surface area contributed by atoms with Crippen molar-refractivity contribution in [3.8, 4) is 11.3 Å². The summed E-state index contributed by atoms with van der Waals surface area (Å²) in [4.78, 5) is 35.2. The van der Waals surface area contributed by atoms with E-state index in [1.165, 1.54) is 23.2 Å². The van der Waals surface area contributed by atoms with Crippen LogP contribution in [0.3, 0.4) is 0 Å². The maximum Gasteiger partial charge on any atom is 0.282 e. The molecule has 4 rings (SSSR count). The second-order valence-corrected chi connectivity index (χ2v) is 6.95. The molecule has 0 radical (unpaired) electrons. The molecule has 1 fully saturated rings. The number of nitrogens with one attached hydrogen (secondary N) is 1. The zero-order valence-corrected chi connectivity index (χ0v) is 16.3. The van der Waals surface area contributed by atoms with Crippen molar-refractivity contribution in [3.63, 3.8) is 0 Å². The number of para-hydroxylation sites is 1. The number of nitro groups is 1. The van der Waals surface area contributed by atoms with Crippen LogP contribution in [-0.2, 0) is 9.59 Å². The number of hydrogen-bond donors (Lipinski definition) is 1. The second-order valence-electron chi connectivity index (χ2n) is 6.10. The molecule has 3 aromatic rings. The zero-order chi connectivity index (χ0) is 20.5. The minimum Gasteiger partial charge on any atom is -0.457 e. The van der Waals surface area contributed by atoms with Gasteiger partial charge in [-0.1, -0.05) is 18.2 Å². The van der Waals surface area contributed by atoms with Crippen molar-refractivity contribution < 1.29 is 18.9 Å². The van der Waals surface area contributed by atoms with Crippen LogP contribution in [0, 0.1) is 10.1 Å². The Balaban J connectivity index is 1.62. The number of furan rings is 1. The molecule has 29 heavy (non-hydrogen) atoms. The minimum absolute atomic E-state index is 0.0521. The topological polar surface area (TPSA) is 106 Å². The number of carbonyl (C=O) groups is 2. The highest BCUT2D eigenvalue weighted by atomic mass is 79.9. The lowest BCUT2D eigenvalue weighted by Gasteiger charge is -2.13. The summed E-state index contributed by atoms with van der Waals surface area (Å²) in [5.41, 5.74) is 3.56. The number of rotatable bonds is 4. The van der Waals surface area contributed by atoms with Gasteiger partial charge in [-0.15, -0.1) is 0 Å². The van der Waals surface area contributed by atoms with Crippen molar-refractivity contribution in [3.05, 3.63) is 86.6 Å². The first-order valence-electron chi connectivity index (χ1n) is 8.40. The lowest BCUT2D eigenvalue weighted by Crippen LogP contribution is -2.35. The molecule has 1 N–H and O–H groups in total. The molecule has 1 aromatic heterocycles. The van der Waals surface area contributed by atoms with Crippen molar-refractivity contribution in [2.75, 3.05) is 5.01 Å². The number of non-ortho nitro benzene ring substituents is 1. The van der Waals surface area contributed by atoms with E-state index in [4.69, 9.17) is 4.42 Å². The van der Waals surface area contributed by atoms with Gasteiger partial charge in [-0.25, -0.2) is 5.01 Å². The smallest absolute Gasteiger partial charge is 0.282 e. The Morgan fingerprint density at radius 1 is 1.07 bits per heavy atom. The van der Waals surface area contributed by atoms with Crippen LogP contribution in [-0.4, -0.2) is 16.7 Å². The number of carbonyl (C=O) groups excluding carboxylic acids is 2. The Morgan fingerprint density at radius 3 is 2.52 bits per heavy atom. The van der Waals surface area contributed by atoms with E-state index >= 15 is 0 Å². The fourth-order valence-electron chi connectivity index (χ4n) is 2.85. The standard InChI is InChI=1S/C20H12BrN3O5/c21-17-10-13(24(27)28)6-8-15(17)18-9-7-14(29-18)11-16-19(25)22-23(20(16)26)12-4-2-1-3-5-12/h1-11H,(H,22,25)/b16-11+. The lowest BCUT2D eigenvalue weighted by molar-refractivity contribution is -0.384. The van der Waals surface area contributed by atoms with Crippen LogP contribution in [0.1, 0.15) is 5.76 Å². The predicted molar refractivity (Wildman–Crippen MR) is 109 cm³/mol. The van der Waals surface area contributed by atoms with Gasteiger partial charge in [0.15, 0.2) is 0 Å². The number of amides is 2. The molecule has 144 valence electrons. The summed E-state index contributed by atoms with van der Waals surface area (Å²) >= 11 is 3.30. The van der Waals surface area contributed by atoms with Gasteiger partial charge in [0.1, 0.15) is 17.1 Å². The molecule has 1 saturated heterocycles. The molecule has 2 amide bonds. The van der Waals surface area contributed by atoms with Crippen molar-refractivity contribution in [2.45, 2.75) is 0 Å². The summed E-state index contributed by atoms with van der Waals surface area (Å²) in [5, 5.41) is 12.0. The Morgan fingerprint density at radius 2 is 1.83 bits per heavy atom. The summed E-state index contributed by atoms with van der Waals surface area (Å²) in [6.07, 6.45) is 1.36. The number of nitrogens with zero attached hydrogens (tertiary/aromatic N) is 2. The van der Waals surface area contributed by atoms with Crippen molar-refractivity contribution in [1.29, 1.82) is 0 Å². The first-order chi connectivity index (χ1) is 13.9. The Kier molecular flexibility index (Phi) is 4.73. The number of hydrazine groups is 1. The summed E-state index contributed by atoms with van der Waals surface area (Å²) < 4.78 is 6.21. The fourth-order valence-corrected chi connectivity index (χ4v) is 3.41. The molecule has 0 unspecified atom stereocenters. The van der Waals surface area contributed by atoms with Crippen LogP contribution in [0.15, 0.2) is 75.1 Å². The SMILES string of the molecule is O=C1NN(c2ccccc2)C(=O)/C1=C/c1ccc(-c2ccc([N+](=O)[O-])cc2Br)o1. The van der Waals surface area contributed by atoms with Gasteiger partial charge >= 0.3 is 0 Å². The third-order valence-electron chi connectivity index (χ3n) is 4.25. The molecule has 0 atom stereocenters. The van der Waals surface area contributed by atoms with Gasteiger partial charge in [0.2, 0.25) is 0 Å². The first kappa shape index (κ1) is 18.6. The van der Waals surface area contributed by atoms with Gasteiger partial charge in [-0.3, -0.25) is 25.1 Å².